The average molecular weight is 925 g/mol. The smallest absolute Gasteiger partial charge is 0.336 e. The molecule has 17 heteroatoms. The predicted molar refractivity (Wildman–Crippen MR) is 247 cm³/mol. The molecule has 0 saturated carbocycles. The van der Waals surface area contributed by atoms with Gasteiger partial charge in [0, 0.05) is 24.3 Å². The van der Waals surface area contributed by atoms with E-state index in [0.29, 0.717) is 54.0 Å². The van der Waals surface area contributed by atoms with Gasteiger partial charge in [-0.05, 0) is 95.5 Å². The van der Waals surface area contributed by atoms with E-state index in [9.17, 15) is 40.5 Å². The number of phenolic OH excluding ortho intramolecular Hbond substituents is 2. The molecule has 17 nitrogen and oxygen atoms in total. The van der Waals surface area contributed by atoms with E-state index in [1.165, 1.54) is 24.5 Å². The highest BCUT2D eigenvalue weighted by Gasteiger charge is 2.73. The van der Waals surface area contributed by atoms with Gasteiger partial charge in [0.15, 0.2) is 23.2 Å². The molecule has 0 aromatic heterocycles. The number of aliphatic imine (C=N–C) groups is 3. The molecular weight excluding hydrogens is 877 g/mol. The van der Waals surface area contributed by atoms with Crippen molar-refractivity contribution in [3.05, 3.63) is 136 Å². The number of carbonyl (C=O) groups is 1. The number of aliphatic hydroxyl groups is 4. The van der Waals surface area contributed by atoms with Crippen LogP contribution in [0.3, 0.4) is 0 Å². The number of nitrogens with one attached hydrogen (secondary N) is 1. The Balaban J connectivity index is 1.04. The fourth-order valence-electron chi connectivity index (χ4n) is 10.2. The lowest BCUT2D eigenvalue weighted by Gasteiger charge is -2.59. The van der Waals surface area contributed by atoms with E-state index in [2.05, 4.69) is 15.0 Å². The molecule has 0 radical (unpaired) electrons. The van der Waals surface area contributed by atoms with Crippen molar-refractivity contribution in [3.8, 4) is 34.5 Å². The number of carboxylic acid groups (broad SMARTS) is 1. The SMILES string of the molecule is CCc1cc(O)cc(COc2c(O[C@@H]3O[C@H](C(=O)O)[C@@]4(O)[C@H](C5=NC=NC5)C5=C(CCc6ccccc6C5)[C@@]3(O)[C@@H]4O)cc3c(c2O)C(O)=CC(c2ccc(OCCC4=NC(=N)C=C4)cc2)O3)c1. The van der Waals surface area contributed by atoms with Gasteiger partial charge in [0.25, 0.3) is 0 Å². The molecule has 0 amide bonds. The second kappa shape index (κ2) is 17.4. The number of hydrogen-bond donors (Lipinski definition) is 8. The molecule has 2 bridgehead atoms. The van der Waals surface area contributed by atoms with Crippen LogP contribution in [0.4, 0.5) is 0 Å². The summed E-state index contributed by atoms with van der Waals surface area (Å²) in [5.41, 5.74) is -0.0282. The first-order valence-corrected chi connectivity index (χ1v) is 22.3. The quantitative estimate of drug-likeness (QED) is 0.0756. The number of amidine groups is 1. The first-order chi connectivity index (χ1) is 32.8. The highest BCUT2D eigenvalue weighted by Crippen LogP contribution is 2.57. The fourth-order valence-corrected chi connectivity index (χ4v) is 10.2. The molecule has 1 unspecified atom stereocenters. The normalized spacial score (nSPS) is 26.7. The van der Waals surface area contributed by atoms with Gasteiger partial charge in [-0.25, -0.2) is 14.8 Å². The molecule has 8 N–H and O–H groups in total. The maximum atomic E-state index is 13.3. The van der Waals surface area contributed by atoms with Gasteiger partial charge in [-0.2, -0.15) is 0 Å². The molecule has 4 aromatic carbocycles. The Hall–Kier alpha value is -7.31. The third-order valence-electron chi connectivity index (χ3n) is 13.4. The lowest BCUT2D eigenvalue weighted by atomic mass is 9.57. The molecule has 68 heavy (non-hydrogen) atoms. The van der Waals surface area contributed by atoms with Crippen molar-refractivity contribution in [1.82, 2.24) is 0 Å². The van der Waals surface area contributed by atoms with Crippen molar-refractivity contribution in [1.29, 1.82) is 5.41 Å². The standard InChI is InChI=1S/C51H48N4O13/c1-2-26-17-27(19-32(56)18-26)24-65-45-40(22-39-42(44(45)58)37(57)21-38(66-39)29-7-11-33(12-8-29)64-16-15-31-10-14-41(52)55-31)67-49-50(62)35-13-9-28-5-3-4-6-30(28)20-34(35)43(36-23-53-25-54-36)51(63,48(50)61)46(68-49)47(59)60/h3-8,10-12,14,17-19,21-22,25,38,43,46,48-49,52,56-58,61-63H,2,9,13,15-16,20,23-24H2,1H3,(H,59,60)/t38?,43-,46+,48-,49+,50+,51-/m0/s1. The maximum Gasteiger partial charge on any atom is 0.336 e. The van der Waals surface area contributed by atoms with Gasteiger partial charge in [0.05, 0.1) is 24.8 Å². The zero-order valence-corrected chi connectivity index (χ0v) is 36.7. The van der Waals surface area contributed by atoms with E-state index >= 15 is 0 Å². The minimum Gasteiger partial charge on any atom is -0.508 e. The highest BCUT2D eigenvalue weighted by atomic mass is 16.7. The molecule has 4 heterocycles. The molecule has 4 aliphatic heterocycles. The maximum absolute atomic E-state index is 13.3. The Kier molecular flexibility index (Phi) is 11.4. The number of aryl methyl sites for hydroxylation is 2. The van der Waals surface area contributed by atoms with E-state index in [1.807, 2.05) is 31.2 Å². The van der Waals surface area contributed by atoms with Gasteiger partial charge in [0.1, 0.15) is 65.2 Å². The van der Waals surface area contributed by atoms with Gasteiger partial charge >= 0.3 is 5.97 Å². The van der Waals surface area contributed by atoms with Gasteiger partial charge in [-0.15, -0.1) is 0 Å². The van der Waals surface area contributed by atoms with E-state index in [4.69, 9.17) is 29.1 Å². The number of aliphatic hydroxyl groups excluding tert-OH is 2. The number of allylic oxidation sites excluding steroid dienone is 1. The van der Waals surface area contributed by atoms with Crippen molar-refractivity contribution in [2.45, 2.75) is 81.4 Å². The Bertz CT molecular complexity index is 2920. The lowest BCUT2D eigenvalue weighted by molar-refractivity contribution is -0.342. The minimum absolute atomic E-state index is 0.0130. The van der Waals surface area contributed by atoms with Crippen LogP contribution in [0, 0.1) is 11.3 Å². The third kappa shape index (κ3) is 7.66. The summed E-state index contributed by atoms with van der Waals surface area (Å²) in [7, 11) is 0. The number of fused-ring (bicyclic) bond motifs is 5. The van der Waals surface area contributed by atoms with E-state index in [0.717, 1.165) is 22.4 Å². The second-order valence-corrected chi connectivity index (χ2v) is 17.5. The monoisotopic (exact) mass is 924 g/mol. The molecule has 4 aromatic rings. The highest BCUT2D eigenvalue weighted by molar-refractivity contribution is 6.14. The Morgan fingerprint density at radius 1 is 0.956 bits per heavy atom. The Morgan fingerprint density at radius 3 is 2.46 bits per heavy atom. The van der Waals surface area contributed by atoms with Crippen molar-refractivity contribution >= 4 is 35.3 Å². The van der Waals surface area contributed by atoms with E-state index < -0.39 is 53.4 Å². The summed E-state index contributed by atoms with van der Waals surface area (Å²) >= 11 is 0. The largest absolute Gasteiger partial charge is 0.508 e. The summed E-state index contributed by atoms with van der Waals surface area (Å²) in [5.74, 6) is -4.03. The lowest BCUT2D eigenvalue weighted by Crippen LogP contribution is -2.80. The van der Waals surface area contributed by atoms with Crippen LogP contribution in [0.2, 0.25) is 0 Å². The zero-order chi connectivity index (χ0) is 47.5. The van der Waals surface area contributed by atoms with Crippen molar-refractivity contribution in [2.24, 2.45) is 20.9 Å². The third-order valence-corrected chi connectivity index (χ3v) is 13.4. The molecular formula is C51H48N4O13. The van der Waals surface area contributed by atoms with Crippen molar-refractivity contribution < 1.29 is 64.2 Å². The number of phenols is 2. The molecule has 6 aliphatic rings. The number of ether oxygens (including phenoxy) is 5. The topological polar surface area (TPSA) is 266 Å². The molecule has 1 saturated heterocycles. The van der Waals surface area contributed by atoms with Crippen LogP contribution < -0.4 is 18.9 Å². The van der Waals surface area contributed by atoms with Crippen LogP contribution in [0.15, 0.2) is 117 Å². The molecule has 350 valence electrons. The van der Waals surface area contributed by atoms with Crippen LogP contribution in [-0.4, -0.2) is 108 Å². The Labute approximate surface area is 389 Å². The summed E-state index contributed by atoms with van der Waals surface area (Å²) in [4.78, 5) is 26.0. The van der Waals surface area contributed by atoms with E-state index in [1.54, 1.807) is 48.6 Å². The number of rotatable bonds is 13. The van der Waals surface area contributed by atoms with Crippen LogP contribution >= 0.6 is 0 Å². The van der Waals surface area contributed by atoms with Crippen molar-refractivity contribution in [3.63, 3.8) is 0 Å². The van der Waals surface area contributed by atoms with Gasteiger partial charge in [-0.3, -0.25) is 10.4 Å². The molecule has 10 rings (SSSR count). The van der Waals surface area contributed by atoms with Gasteiger partial charge in [0.2, 0.25) is 12.0 Å². The van der Waals surface area contributed by atoms with E-state index in [-0.39, 0.29) is 71.7 Å². The summed E-state index contributed by atoms with van der Waals surface area (Å²) in [5, 5.41) is 91.0. The summed E-state index contributed by atoms with van der Waals surface area (Å²) < 4.78 is 31.2. The average Bonchev–Trinajstić information content (AvgIpc) is 3.96. The zero-order valence-electron chi connectivity index (χ0n) is 36.7. The summed E-state index contributed by atoms with van der Waals surface area (Å²) in [6.45, 7) is 1.99. The fraction of sp³-hybridized carbons (Fsp3) is 0.314. The summed E-state index contributed by atoms with van der Waals surface area (Å²) in [6.07, 6.45) is 0.452. The molecule has 1 fully saturated rings. The number of nitrogens with zero attached hydrogens (tertiary/aromatic N) is 3. The van der Waals surface area contributed by atoms with Crippen LogP contribution in [0.5, 0.6) is 34.5 Å². The van der Waals surface area contributed by atoms with Gasteiger partial charge < -0.3 is 59.4 Å². The molecule has 2 aliphatic carbocycles. The minimum atomic E-state index is -2.69. The number of benzene rings is 4. The van der Waals surface area contributed by atoms with Crippen LogP contribution in [-0.2, 0) is 35.4 Å². The molecule has 7 atom stereocenters. The van der Waals surface area contributed by atoms with Gasteiger partial charge in [-0.1, -0.05) is 55.0 Å². The van der Waals surface area contributed by atoms with Crippen molar-refractivity contribution in [2.75, 3.05) is 13.2 Å². The molecule has 0 spiro atoms. The first-order valence-electron chi connectivity index (χ1n) is 22.3. The predicted octanol–water partition coefficient (Wildman–Crippen LogP) is 5.64. The number of aromatic hydroxyl groups is 2. The summed E-state index contributed by atoms with van der Waals surface area (Å²) in [6, 6.07) is 20.7. The van der Waals surface area contributed by atoms with Crippen LogP contribution in [0.25, 0.3) is 5.76 Å². The number of carboxylic acids is 1. The number of aliphatic carboxylic acids is 1. The first kappa shape index (κ1) is 44.5. The number of hydrogen-bond acceptors (Lipinski definition) is 15. The Morgan fingerprint density at radius 2 is 1.74 bits per heavy atom. The van der Waals surface area contributed by atoms with Crippen LogP contribution in [0.1, 0.15) is 59.3 Å². The second-order valence-electron chi connectivity index (χ2n) is 17.5.